The van der Waals surface area contributed by atoms with Gasteiger partial charge in [-0.15, -0.1) is 0 Å². The molecule has 0 saturated heterocycles. The van der Waals surface area contributed by atoms with Crippen LogP contribution < -0.4 is 0 Å². The number of rotatable bonds is 5. The molecule has 0 fully saturated rings. The van der Waals surface area contributed by atoms with Gasteiger partial charge in [0.2, 0.25) is 0 Å². The second-order valence-electron chi connectivity index (χ2n) is 3.42. The molecule has 0 spiro atoms. The van der Waals surface area contributed by atoms with E-state index in [1.165, 1.54) is 0 Å². The van der Waals surface area contributed by atoms with Crippen LogP contribution in [0.1, 0.15) is 11.5 Å². The van der Waals surface area contributed by atoms with Gasteiger partial charge in [-0.25, -0.2) is 0 Å². The van der Waals surface area contributed by atoms with Crippen molar-refractivity contribution in [2.24, 2.45) is 0 Å². The van der Waals surface area contributed by atoms with Crippen LogP contribution in [0, 0.1) is 0 Å². The number of halogens is 3. The zero-order valence-corrected chi connectivity index (χ0v) is 8.57. The van der Waals surface area contributed by atoms with Crippen molar-refractivity contribution in [3.8, 4) is 0 Å². The van der Waals surface area contributed by atoms with E-state index in [1.54, 1.807) is 30.3 Å². The average molecular weight is 234 g/mol. The van der Waals surface area contributed by atoms with E-state index in [4.69, 9.17) is 5.11 Å². The highest BCUT2D eigenvalue weighted by Gasteiger charge is 2.28. The topological polar surface area (TPSA) is 29.5 Å². The van der Waals surface area contributed by atoms with Crippen molar-refractivity contribution < 1.29 is 23.0 Å². The molecule has 5 heteroatoms. The zero-order valence-electron chi connectivity index (χ0n) is 8.57. The minimum absolute atomic E-state index is 0.139. The molecule has 16 heavy (non-hydrogen) atoms. The normalized spacial score (nSPS) is 13.8. The van der Waals surface area contributed by atoms with Gasteiger partial charge >= 0.3 is 6.18 Å². The first-order valence-corrected chi connectivity index (χ1v) is 4.83. The Morgan fingerprint density at radius 1 is 1.19 bits per heavy atom. The van der Waals surface area contributed by atoms with E-state index in [-0.39, 0.29) is 13.2 Å². The third-order valence-corrected chi connectivity index (χ3v) is 2.08. The van der Waals surface area contributed by atoms with Crippen molar-refractivity contribution in [3.05, 3.63) is 35.9 Å². The maximum absolute atomic E-state index is 11.8. The third kappa shape index (κ3) is 4.63. The van der Waals surface area contributed by atoms with E-state index in [0.29, 0.717) is 0 Å². The largest absolute Gasteiger partial charge is 0.411 e. The second-order valence-corrected chi connectivity index (χ2v) is 3.42. The Morgan fingerprint density at radius 3 is 2.31 bits per heavy atom. The third-order valence-electron chi connectivity index (χ3n) is 2.08. The Balaban J connectivity index is 2.45. The minimum Gasteiger partial charge on any atom is -0.396 e. The number of alkyl halides is 3. The van der Waals surface area contributed by atoms with Gasteiger partial charge in [-0.1, -0.05) is 30.3 Å². The molecule has 1 unspecified atom stereocenters. The summed E-state index contributed by atoms with van der Waals surface area (Å²) in [6.07, 6.45) is -4.32. The van der Waals surface area contributed by atoms with E-state index in [0.717, 1.165) is 5.56 Å². The lowest BCUT2D eigenvalue weighted by molar-refractivity contribution is -0.175. The molecule has 90 valence electrons. The van der Waals surface area contributed by atoms with Crippen molar-refractivity contribution in [1.82, 2.24) is 0 Å². The molecule has 0 aliphatic rings. The van der Waals surface area contributed by atoms with Gasteiger partial charge in [-0.3, -0.25) is 0 Å². The van der Waals surface area contributed by atoms with Crippen LogP contribution >= 0.6 is 0 Å². The maximum Gasteiger partial charge on any atom is 0.411 e. The maximum atomic E-state index is 11.8. The second kappa shape index (κ2) is 5.86. The van der Waals surface area contributed by atoms with Crippen LogP contribution in [0.3, 0.4) is 0 Å². The Labute approximate surface area is 91.7 Å². The molecule has 1 N–H and O–H groups in total. The first-order chi connectivity index (χ1) is 7.53. The molecule has 0 aromatic heterocycles. The summed E-state index contributed by atoms with van der Waals surface area (Å²) in [5.74, 6) is -0.413. The fraction of sp³-hybridized carbons (Fsp3) is 0.455. The van der Waals surface area contributed by atoms with Crippen LogP contribution in [-0.4, -0.2) is 31.1 Å². The Kier molecular flexibility index (Phi) is 4.76. The van der Waals surface area contributed by atoms with E-state index in [1.807, 2.05) is 0 Å². The van der Waals surface area contributed by atoms with E-state index < -0.39 is 18.7 Å². The summed E-state index contributed by atoms with van der Waals surface area (Å²) in [4.78, 5) is 0. The predicted octanol–water partition coefficient (Wildman–Crippen LogP) is 2.34. The number of aliphatic hydroxyl groups excluding tert-OH is 1. The van der Waals surface area contributed by atoms with E-state index in [2.05, 4.69) is 4.74 Å². The van der Waals surface area contributed by atoms with Crippen molar-refractivity contribution in [2.75, 3.05) is 19.8 Å². The molecular weight excluding hydrogens is 221 g/mol. The Hall–Kier alpha value is -1.07. The van der Waals surface area contributed by atoms with E-state index >= 15 is 0 Å². The number of benzene rings is 1. The molecule has 0 aliphatic carbocycles. The van der Waals surface area contributed by atoms with Crippen LogP contribution in [0.2, 0.25) is 0 Å². The standard InChI is InChI=1S/C11H13F3O2/c12-11(13,14)8-16-7-10(6-15)9-4-2-1-3-5-9/h1-5,10,15H,6-8H2. The van der Waals surface area contributed by atoms with Crippen molar-refractivity contribution in [1.29, 1.82) is 0 Å². The van der Waals surface area contributed by atoms with Gasteiger partial charge in [-0.05, 0) is 5.56 Å². The summed E-state index contributed by atoms with van der Waals surface area (Å²) in [5, 5.41) is 9.05. The van der Waals surface area contributed by atoms with Gasteiger partial charge in [0.1, 0.15) is 6.61 Å². The molecule has 0 bridgehead atoms. The lowest BCUT2D eigenvalue weighted by Gasteiger charge is -2.15. The van der Waals surface area contributed by atoms with Crippen molar-refractivity contribution >= 4 is 0 Å². The molecule has 0 aliphatic heterocycles. The summed E-state index contributed by atoms with van der Waals surface area (Å²) >= 11 is 0. The number of aliphatic hydroxyl groups is 1. The van der Waals surface area contributed by atoms with Crippen LogP contribution in [-0.2, 0) is 4.74 Å². The number of hydrogen-bond acceptors (Lipinski definition) is 2. The summed E-state index contributed by atoms with van der Waals surface area (Å²) in [6.45, 7) is -1.65. The summed E-state index contributed by atoms with van der Waals surface area (Å²) in [5.41, 5.74) is 0.771. The van der Waals surface area contributed by atoms with Crippen LogP contribution in [0.5, 0.6) is 0 Å². The monoisotopic (exact) mass is 234 g/mol. The molecule has 2 nitrogen and oxygen atoms in total. The van der Waals surface area contributed by atoms with Gasteiger partial charge in [0.05, 0.1) is 13.2 Å². The molecule has 1 aromatic rings. The van der Waals surface area contributed by atoms with Gasteiger partial charge in [0.15, 0.2) is 0 Å². The quantitative estimate of drug-likeness (QED) is 0.847. The smallest absolute Gasteiger partial charge is 0.396 e. The first-order valence-electron chi connectivity index (χ1n) is 4.83. The van der Waals surface area contributed by atoms with Gasteiger partial charge in [-0.2, -0.15) is 13.2 Å². The minimum atomic E-state index is -4.32. The number of hydrogen-bond donors (Lipinski definition) is 1. The van der Waals surface area contributed by atoms with Crippen LogP contribution in [0.4, 0.5) is 13.2 Å². The van der Waals surface area contributed by atoms with Crippen LogP contribution in [0.25, 0.3) is 0 Å². The van der Waals surface area contributed by atoms with E-state index in [9.17, 15) is 13.2 Å². The molecule has 0 amide bonds. The lowest BCUT2D eigenvalue weighted by Crippen LogP contribution is -2.21. The van der Waals surface area contributed by atoms with Crippen molar-refractivity contribution in [3.63, 3.8) is 0 Å². The lowest BCUT2D eigenvalue weighted by atomic mass is 10.0. The first kappa shape index (κ1) is 13.0. The zero-order chi connectivity index (χ0) is 12.0. The molecule has 1 aromatic carbocycles. The summed E-state index contributed by atoms with van der Waals surface area (Å²) < 4.78 is 40.0. The van der Waals surface area contributed by atoms with Crippen LogP contribution in [0.15, 0.2) is 30.3 Å². The summed E-state index contributed by atoms with van der Waals surface area (Å²) in [6, 6.07) is 8.83. The summed E-state index contributed by atoms with van der Waals surface area (Å²) in [7, 11) is 0. The fourth-order valence-corrected chi connectivity index (χ4v) is 1.30. The van der Waals surface area contributed by atoms with Crippen molar-refractivity contribution in [2.45, 2.75) is 12.1 Å². The SMILES string of the molecule is OCC(COCC(F)(F)F)c1ccccc1. The number of ether oxygens (including phenoxy) is 1. The van der Waals surface area contributed by atoms with Gasteiger partial charge in [0, 0.05) is 5.92 Å². The Bertz CT molecular complexity index is 298. The fourth-order valence-electron chi connectivity index (χ4n) is 1.30. The van der Waals surface area contributed by atoms with Gasteiger partial charge in [0.25, 0.3) is 0 Å². The molecule has 0 saturated carbocycles. The average Bonchev–Trinajstić information content (AvgIpc) is 2.24. The highest BCUT2D eigenvalue weighted by atomic mass is 19.4. The Morgan fingerprint density at radius 2 is 1.81 bits per heavy atom. The van der Waals surface area contributed by atoms with Gasteiger partial charge < -0.3 is 9.84 Å². The predicted molar refractivity (Wildman–Crippen MR) is 53.1 cm³/mol. The molecule has 1 atom stereocenters. The molecule has 0 heterocycles. The molecule has 1 rings (SSSR count). The molecular formula is C11H13F3O2. The highest BCUT2D eigenvalue weighted by Crippen LogP contribution is 2.18. The highest BCUT2D eigenvalue weighted by molar-refractivity contribution is 5.19. The molecule has 0 radical (unpaired) electrons.